The number of Topliss-reactive ketones (excluding diaryl/α,β-unsaturated/α-hetero) is 1. The topological polar surface area (TPSA) is 76.4 Å². The lowest BCUT2D eigenvalue weighted by atomic mass is 9.92. The molecule has 0 fully saturated rings. The van der Waals surface area contributed by atoms with E-state index < -0.39 is 0 Å². The number of ketones is 1. The molecule has 0 radical (unpaired) electrons. The predicted molar refractivity (Wildman–Crippen MR) is 99.5 cm³/mol. The number of methoxy groups -OCH3 is 1. The zero-order chi connectivity index (χ0) is 18.4. The van der Waals surface area contributed by atoms with Crippen LogP contribution in [0.1, 0.15) is 25.5 Å². The Morgan fingerprint density at radius 2 is 2.04 bits per heavy atom. The molecule has 0 amide bonds. The molecular formula is C20H19N3O3. The first kappa shape index (κ1) is 16.2. The van der Waals surface area contributed by atoms with Crippen molar-refractivity contribution in [3.63, 3.8) is 0 Å². The summed E-state index contributed by atoms with van der Waals surface area (Å²) in [7, 11) is 1.51. The highest BCUT2D eigenvalue weighted by atomic mass is 16.5. The van der Waals surface area contributed by atoms with Crippen molar-refractivity contribution in [2.45, 2.75) is 19.9 Å². The number of allylic oxidation sites excluding steroid dienone is 2. The van der Waals surface area contributed by atoms with Crippen LogP contribution in [0.3, 0.4) is 0 Å². The Labute approximate surface area is 150 Å². The smallest absolute Gasteiger partial charge is 0.209 e. The normalized spacial score (nSPS) is 16.3. The minimum absolute atomic E-state index is 0.0289. The fourth-order valence-corrected chi connectivity index (χ4v) is 3.61. The minimum Gasteiger partial charge on any atom is -0.504 e. The molecule has 1 aromatic heterocycles. The van der Waals surface area contributed by atoms with Crippen LogP contribution >= 0.6 is 0 Å². The van der Waals surface area contributed by atoms with E-state index >= 15 is 0 Å². The van der Waals surface area contributed by atoms with E-state index in [1.807, 2.05) is 41.8 Å². The van der Waals surface area contributed by atoms with Gasteiger partial charge in [-0.05, 0) is 43.7 Å². The van der Waals surface area contributed by atoms with Gasteiger partial charge in [0, 0.05) is 11.3 Å². The Morgan fingerprint density at radius 3 is 2.73 bits per heavy atom. The fourth-order valence-electron chi connectivity index (χ4n) is 3.61. The first-order chi connectivity index (χ1) is 12.5. The number of phenolic OH excluding ortho intramolecular Hbond substituents is 1. The maximum atomic E-state index is 12.4. The van der Waals surface area contributed by atoms with Gasteiger partial charge in [0.1, 0.15) is 0 Å². The molecule has 0 unspecified atom stereocenters. The van der Waals surface area contributed by atoms with E-state index in [1.54, 1.807) is 19.1 Å². The number of aromatic nitrogens is 2. The quantitative estimate of drug-likeness (QED) is 0.755. The van der Waals surface area contributed by atoms with Crippen LogP contribution < -0.4 is 10.1 Å². The summed E-state index contributed by atoms with van der Waals surface area (Å²) in [5.74, 6) is 1.08. The number of anilines is 1. The zero-order valence-electron chi connectivity index (χ0n) is 14.8. The van der Waals surface area contributed by atoms with Gasteiger partial charge in [-0.1, -0.05) is 18.2 Å². The van der Waals surface area contributed by atoms with Gasteiger partial charge in [0.25, 0.3) is 0 Å². The molecule has 1 atom stereocenters. The lowest BCUT2D eigenvalue weighted by molar-refractivity contribution is -0.114. The summed E-state index contributed by atoms with van der Waals surface area (Å²) in [6, 6.07) is 12.6. The lowest BCUT2D eigenvalue weighted by Gasteiger charge is -2.30. The van der Waals surface area contributed by atoms with Gasteiger partial charge in [0.2, 0.25) is 5.95 Å². The second-order valence-electron chi connectivity index (χ2n) is 6.35. The van der Waals surface area contributed by atoms with Gasteiger partial charge < -0.3 is 15.2 Å². The summed E-state index contributed by atoms with van der Waals surface area (Å²) in [6.07, 6.45) is 0. The van der Waals surface area contributed by atoms with E-state index in [0.717, 1.165) is 22.3 Å². The number of aromatic hydroxyl groups is 1. The molecule has 26 heavy (non-hydrogen) atoms. The van der Waals surface area contributed by atoms with Crippen molar-refractivity contribution in [1.29, 1.82) is 0 Å². The summed E-state index contributed by atoms with van der Waals surface area (Å²) in [4.78, 5) is 17.1. The standard InChI is InChI=1S/C20H19N3O3/c1-11-18(12(2)24)19(13-8-9-17(26-3)16(25)10-13)23-15-7-5-4-6-14(15)22-20(23)21-11/h4-10,19,25H,1-3H3,(H,21,22)/t19-/m1/s1. The summed E-state index contributed by atoms with van der Waals surface area (Å²) >= 11 is 0. The third kappa shape index (κ3) is 2.34. The number of nitrogens with zero attached hydrogens (tertiary/aromatic N) is 2. The number of ether oxygens (including phenoxy) is 1. The molecule has 0 aliphatic carbocycles. The van der Waals surface area contributed by atoms with Gasteiger partial charge in [-0.15, -0.1) is 0 Å². The molecule has 6 heteroatoms. The number of nitrogens with one attached hydrogen (secondary N) is 1. The van der Waals surface area contributed by atoms with E-state index in [4.69, 9.17) is 4.74 Å². The Balaban J connectivity index is 2.01. The SMILES string of the molecule is COc1ccc([C@@H]2C(C(C)=O)=C(C)Nc3nc4ccccc4n32)cc1O. The first-order valence-electron chi connectivity index (χ1n) is 8.34. The molecule has 1 aliphatic rings. The number of para-hydroxylation sites is 2. The Morgan fingerprint density at radius 1 is 1.27 bits per heavy atom. The molecule has 0 saturated carbocycles. The van der Waals surface area contributed by atoms with Crippen LogP contribution in [0.25, 0.3) is 11.0 Å². The molecule has 2 N–H and O–H groups in total. The molecular weight excluding hydrogens is 330 g/mol. The number of carbonyl (C=O) groups excluding carboxylic acids is 1. The van der Waals surface area contributed by atoms with Crippen molar-refractivity contribution >= 4 is 22.8 Å². The van der Waals surface area contributed by atoms with Crippen LogP contribution in [-0.4, -0.2) is 27.6 Å². The second kappa shape index (κ2) is 5.91. The number of rotatable bonds is 3. The Bertz CT molecular complexity index is 1070. The largest absolute Gasteiger partial charge is 0.504 e. The van der Waals surface area contributed by atoms with Crippen molar-refractivity contribution in [3.05, 3.63) is 59.3 Å². The third-order valence-corrected chi connectivity index (χ3v) is 4.73. The predicted octanol–water partition coefficient (Wildman–Crippen LogP) is 3.63. The van der Waals surface area contributed by atoms with Crippen molar-refractivity contribution in [2.75, 3.05) is 12.4 Å². The van der Waals surface area contributed by atoms with Crippen LogP contribution in [0.2, 0.25) is 0 Å². The van der Waals surface area contributed by atoms with Gasteiger partial charge in [-0.25, -0.2) is 4.98 Å². The second-order valence-corrected chi connectivity index (χ2v) is 6.35. The fraction of sp³-hybridized carbons (Fsp3) is 0.200. The third-order valence-electron chi connectivity index (χ3n) is 4.73. The number of carbonyl (C=O) groups is 1. The highest BCUT2D eigenvalue weighted by Gasteiger charge is 2.32. The molecule has 0 saturated heterocycles. The maximum absolute atomic E-state index is 12.4. The van der Waals surface area contributed by atoms with Crippen molar-refractivity contribution in [1.82, 2.24) is 9.55 Å². The average Bonchev–Trinajstić information content (AvgIpc) is 2.97. The average molecular weight is 349 g/mol. The van der Waals surface area contributed by atoms with E-state index in [9.17, 15) is 9.90 Å². The number of phenols is 1. The lowest BCUT2D eigenvalue weighted by Crippen LogP contribution is -2.27. The van der Waals surface area contributed by atoms with Gasteiger partial charge in [-0.2, -0.15) is 0 Å². The van der Waals surface area contributed by atoms with E-state index in [0.29, 0.717) is 17.3 Å². The molecule has 132 valence electrons. The van der Waals surface area contributed by atoms with Crippen molar-refractivity contribution < 1.29 is 14.6 Å². The van der Waals surface area contributed by atoms with Gasteiger partial charge in [0.05, 0.1) is 24.2 Å². The molecule has 0 bridgehead atoms. The summed E-state index contributed by atoms with van der Waals surface area (Å²) in [5, 5.41) is 13.5. The summed E-state index contributed by atoms with van der Waals surface area (Å²) in [5.41, 5.74) is 3.96. The maximum Gasteiger partial charge on any atom is 0.209 e. The first-order valence-corrected chi connectivity index (χ1v) is 8.34. The highest BCUT2D eigenvalue weighted by Crippen LogP contribution is 2.41. The van der Waals surface area contributed by atoms with Crippen LogP contribution in [-0.2, 0) is 4.79 Å². The van der Waals surface area contributed by atoms with Crippen LogP contribution in [0.4, 0.5) is 5.95 Å². The molecule has 0 spiro atoms. The summed E-state index contributed by atoms with van der Waals surface area (Å²) < 4.78 is 7.15. The molecule has 2 aromatic carbocycles. The number of hydrogen-bond acceptors (Lipinski definition) is 5. The molecule has 3 aromatic rings. The van der Waals surface area contributed by atoms with Gasteiger partial charge in [0.15, 0.2) is 17.3 Å². The Hall–Kier alpha value is -3.28. The Kier molecular flexibility index (Phi) is 3.68. The minimum atomic E-state index is -0.382. The van der Waals surface area contributed by atoms with Crippen molar-refractivity contribution in [3.8, 4) is 11.5 Å². The van der Waals surface area contributed by atoms with Crippen molar-refractivity contribution in [2.24, 2.45) is 0 Å². The van der Waals surface area contributed by atoms with E-state index in [2.05, 4.69) is 10.3 Å². The molecule has 2 heterocycles. The van der Waals surface area contributed by atoms with Gasteiger partial charge in [-0.3, -0.25) is 9.36 Å². The van der Waals surface area contributed by atoms with Crippen LogP contribution in [0.5, 0.6) is 11.5 Å². The van der Waals surface area contributed by atoms with Crippen LogP contribution in [0, 0.1) is 0 Å². The molecule has 1 aliphatic heterocycles. The number of fused-ring (bicyclic) bond motifs is 3. The summed E-state index contributed by atoms with van der Waals surface area (Å²) in [6.45, 7) is 3.43. The zero-order valence-corrected chi connectivity index (χ0v) is 14.8. The van der Waals surface area contributed by atoms with Gasteiger partial charge >= 0.3 is 0 Å². The molecule has 4 rings (SSSR count). The van der Waals surface area contributed by atoms with Crippen LogP contribution in [0.15, 0.2) is 53.7 Å². The molecule has 6 nitrogen and oxygen atoms in total. The van der Waals surface area contributed by atoms with E-state index in [1.165, 1.54) is 7.11 Å². The number of benzene rings is 2. The van der Waals surface area contributed by atoms with E-state index in [-0.39, 0.29) is 17.6 Å². The number of hydrogen-bond donors (Lipinski definition) is 2. The monoisotopic (exact) mass is 349 g/mol. The number of imidazole rings is 1. The highest BCUT2D eigenvalue weighted by molar-refractivity contribution is 5.97.